The maximum Gasteiger partial charge on any atom is 0.193 e. The van der Waals surface area contributed by atoms with E-state index in [9.17, 15) is 5.11 Å². The van der Waals surface area contributed by atoms with Gasteiger partial charge in [0.1, 0.15) is 0 Å². The Morgan fingerprint density at radius 3 is 2.48 bits per heavy atom. The fourth-order valence-electron chi connectivity index (χ4n) is 3.19. The van der Waals surface area contributed by atoms with Gasteiger partial charge in [0, 0.05) is 45.4 Å². The number of aliphatic hydroxyl groups is 1. The Balaban J connectivity index is 1.92. The van der Waals surface area contributed by atoms with E-state index < -0.39 is 0 Å². The lowest BCUT2D eigenvalue weighted by Gasteiger charge is -2.44. The van der Waals surface area contributed by atoms with E-state index in [1.165, 1.54) is 0 Å². The molecular weight excluding hydrogens is 268 g/mol. The molecular formula is C15H30N4O2. The van der Waals surface area contributed by atoms with Crippen LogP contribution in [0.1, 0.15) is 25.7 Å². The highest BCUT2D eigenvalue weighted by Gasteiger charge is 2.35. The van der Waals surface area contributed by atoms with Crippen molar-refractivity contribution in [3.63, 3.8) is 0 Å². The summed E-state index contributed by atoms with van der Waals surface area (Å²) in [6.07, 6.45) is 3.59. The minimum atomic E-state index is -0.150. The lowest BCUT2D eigenvalue weighted by atomic mass is 9.88. The summed E-state index contributed by atoms with van der Waals surface area (Å²) < 4.78 is 5.51. The molecule has 0 spiro atoms. The molecule has 21 heavy (non-hydrogen) atoms. The Labute approximate surface area is 128 Å². The van der Waals surface area contributed by atoms with E-state index in [-0.39, 0.29) is 11.6 Å². The third kappa shape index (κ3) is 4.08. The predicted octanol–water partition coefficient (Wildman–Crippen LogP) is 0.129. The van der Waals surface area contributed by atoms with Gasteiger partial charge in [0.25, 0.3) is 0 Å². The highest BCUT2D eigenvalue weighted by atomic mass is 16.5. The Hall–Kier alpha value is -0.850. The van der Waals surface area contributed by atoms with Gasteiger partial charge in [0.05, 0.1) is 6.10 Å². The van der Waals surface area contributed by atoms with Gasteiger partial charge in [-0.25, -0.2) is 0 Å². The third-order valence-electron chi connectivity index (χ3n) is 4.92. The zero-order chi connectivity index (χ0) is 15.3. The number of likely N-dealkylation sites (N-methyl/N-ethyl adjacent to an activating group) is 1. The molecule has 0 bridgehead atoms. The molecule has 0 aromatic carbocycles. The van der Waals surface area contributed by atoms with Crippen molar-refractivity contribution in [3.05, 3.63) is 0 Å². The van der Waals surface area contributed by atoms with Gasteiger partial charge in [-0.3, -0.25) is 4.99 Å². The van der Waals surface area contributed by atoms with Crippen molar-refractivity contribution < 1.29 is 9.84 Å². The van der Waals surface area contributed by atoms with Crippen molar-refractivity contribution in [2.75, 3.05) is 54.0 Å². The minimum absolute atomic E-state index is 0.142. The number of rotatable bonds is 3. The van der Waals surface area contributed by atoms with Crippen LogP contribution in [0.5, 0.6) is 0 Å². The summed E-state index contributed by atoms with van der Waals surface area (Å²) in [6.45, 7) is 4.29. The highest BCUT2D eigenvalue weighted by molar-refractivity contribution is 5.80. The molecule has 2 fully saturated rings. The first-order valence-electron chi connectivity index (χ1n) is 7.96. The minimum Gasteiger partial charge on any atom is -0.393 e. The number of aliphatic hydroxyl groups excluding tert-OH is 1. The number of guanidine groups is 1. The molecule has 0 radical (unpaired) electrons. The molecule has 2 N–H and O–H groups in total. The SMILES string of the molecule is CN=C(NCC1(N(C)C)CCOCC1)N1CCC(O)CC1. The van der Waals surface area contributed by atoms with E-state index in [1.54, 1.807) is 0 Å². The number of piperidine rings is 1. The fourth-order valence-corrected chi connectivity index (χ4v) is 3.19. The molecule has 2 rings (SSSR count). The second-order valence-corrected chi connectivity index (χ2v) is 6.35. The first-order valence-corrected chi connectivity index (χ1v) is 7.96. The van der Waals surface area contributed by atoms with Gasteiger partial charge in [-0.2, -0.15) is 0 Å². The van der Waals surface area contributed by atoms with Crippen LogP contribution in [0.3, 0.4) is 0 Å². The van der Waals surface area contributed by atoms with Crippen LogP contribution in [0, 0.1) is 0 Å². The second-order valence-electron chi connectivity index (χ2n) is 6.35. The summed E-state index contributed by atoms with van der Waals surface area (Å²) >= 11 is 0. The molecule has 0 saturated carbocycles. The molecule has 2 aliphatic heterocycles. The van der Waals surface area contributed by atoms with E-state index in [0.717, 1.165) is 64.5 Å². The van der Waals surface area contributed by atoms with E-state index in [2.05, 4.69) is 34.2 Å². The quantitative estimate of drug-likeness (QED) is 0.573. The van der Waals surface area contributed by atoms with Crippen LogP contribution in [-0.4, -0.2) is 86.5 Å². The van der Waals surface area contributed by atoms with E-state index >= 15 is 0 Å². The monoisotopic (exact) mass is 298 g/mol. The van der Waals surface area contributed by atoms with Gasteiger partial charge < -0.3 is 25.0 Å². The summed E-state index contributed by atoms with van der Waals surface area (Å²) in [4.78, 5) is 8.97. The smallest absolute Gasteiger partial charge is 0.193 e. The van der Waals surface area contributed by atoms with Gasteiger partial charge in [0.15, 0.2) is 5.96 Å². The molecule has 0 unspecified atom stereocenters. The Morgan fingerprint density at radius 1 is 1.33 bits per heavy atom. The zero-order valence-corrected chi connectivity index (χ0v) is 13.6. The first-order chi connectivity index (χ1) is 10.1. The van der Waals surface area contributed by atoms with Gasteiger partial charge in [-0.15, -0.1) is 0 Å². The molecule has 2 saturated heterocycles. The maximum atomic E-state index is 9.62. The first kappa shape index (κ1) is 16.5. The molecule has 122 valence electrons. The molecule has 6 heteroatoms. The summed E-state index contributed by atoms with van der Waals surface area (Å²) in [7, 11) is 6.12. The average molecular weight is 298 g/mol. The Kier molecular flexibility index (Phi) is 5.84. The lowest BCUT2D eigenvalue weighted by molar-refractivity contribution is -0.00540. The molecule has 6 nitrogen and oxygen atoms in total. The van der Waals surface area contributed by atoms with Crippen LogP contribution < -0.4 is 5.32 Å². The average Bonchev–Trinajstić information content (AvgIpc) is 2.50. The number of nitrogens with zero attached hydrogens (tertiary/aromatic N) is 3. The van der Waals surface area contributed by atoms with Crippen LogP contribution in [0.4, 0.5) is 0 Å². The predicted molar refractivity (Wildman–Crippen MR) is 84.6 cm³/mol. The molecule has 0 atom stereocenters. The van der Waals surface area contributed by atoms with Gasteiger partial charge in [-0.1, -0.05) is 0 Å². The lowest BCUT2D eigenvalue weighted by Crippen LogP contribution is -2.58. The normalized spacial score (nSPS) is 24.4. The van der Waals surface area contributed by atoms with Gasteiger partial charge in [-0.05, 0) is 39.8 Å². The van der Waals surface area contributed by atoms with E-state index in [1.807, 2.05) is 7.05 Å². The summed E-state index contributed by atoms with van der Waals surface area (Å²) in [5.74, 6) is 0.953. The van der Waals surface area contributed by atoms with Crippen LogP contribution in [0.15, 0.2) is 4.99 Å². The Morgan fingerprint density at radius 2 is 1.95 bits per heavy atom. The van der Waals surface area contributed by atoms with Crippen LogP contribution in [0.2, 0.25) is 0 Å². The molecule has 0 aromatic rings. The van der Waals surface area contributed by atoms with Crippen molar-refractivity contribution >= 4 is 5.96 Å². The molecule has 2 heterocycles. The number of aliphatic imine (C=N–C) groups is 1. The zero-order valence-electron chi connectivity index (χ0n) is 13.6. The largest absolute Gasteiger partial charge is 0.393 e. The summed E-state index contributed by atoms with van der Waals surface area (Å²) in [5, 5.41) is 13.2. The van der Waals surface area contributed by atoms with Crippen molar-refractivity contribution in [3.8, 4) is 0 Å². The van der Waals surface area contributed by atoms with Crippen LogP contribution in [0.25, 0.3) is 0 Å². The Bertz CT molecular complexity index is 346. The number of nitrogens with one attached hydrogen (secondary N) is 1. The molecule has 2 aliphatic rings. The number of ether oxygens (including phenoxy) is 1. The van der Waals surface area contributed by atoms with Crippen LogP contribution in [-0.2, 0) is 4.74 Å². The van der Waals surface area contributed by atoms with Crippen molar-refractivity contribution in [2.24, 2.45) is 4.99 Å². The van der Waals surface area contributed by atoms with Crippen LogP contribution >= 0.6 is 0 Å². The van der Waals surface area contributed by atoms with Crippen molar-refractivity contribution in [1.29, 1.82) is 0 Å². The number of likely N-dealkylation sites (tertiary alicyclic amines) is 1. The summed E-state index contributed by atoms with van der Waals surface area (Å²) in [5.41, 5.74) is 0.142. The maximum absolute atomic E-state index is 9.62. The third-order valence-corrected chi connectivity index (χ3v) is 4.92. The van der Waals surface area contributed by atoms with Crippen molar-refractivity contribution in [2.45, 2.75) is 37.3 Å². The van der Waals surface area contributed by atoms with E-state index in [0.29, 0.717) is 0 Å². The van der Waals surface area contributed by atoms with Gasteiger partial charge >= 0.3 is 0 Å². The topological polar surface area (TPSA) is 60.3 Å². The second kappa shape index (κ2) is 7.42. The summed E-state index contributed by atoms with van der Waals surface area (Å²) in [6, 6.07) is 0. The molecule has 0 aromatic heterocycles. The molecule has 0 amide bonds. The molecule has 0 aliphatic carbocycles. The van der Waals surface area contributed by atoms with Gasteiger partial charge in [0.2, 0.25) is 0 Å². The standard InChI is InChI=1S/C15H30N4O2/c1-16-14(19-8-4-13(20)5-9-19)17-12-15(18(2)3)6-10-21-11-7-15/h13,20H,4-12H2,1-3H3,(H,16,17). The number of hydrogen-bond acceptors (Lipinski definition) is 4. The van der Waals surface area contributed by atoms with Crippen molar-refractivity contribution in [1.82, 2.24) is 15.1 Å². The number of hydrogen-bond donors (Lipinski definition) is 2. The van der Waals surface area contributed by atoms with E-state index in [4.69, 9.17) is 4.74 Å². The fraction of sp³-hybridized carbons (Fsp3) is 0.933. The highest BCUT2D eigenvalue weighted by Crippen LogP contribution is 2.25.